The first-order valence-corrected chi connectivity index (χ1v) is 15.8. The lowest BCUT2D eigenvalue weighted by Gasteiger charge is -2.35. The molecule has 0 atom stereocenters. The number of piperazine rings is 1. The molecule has 1 heterocycles. The molecule has 1 aliphatic rings. The SMILES string of the molecule is CCCCCCCCCC(=O)NCCCN1CCN(CCCN(N)C(=O)CCCCCCCCC)CC1. The summed E-state index contributed by atoms with van der Waals surface area (Å²) in [5, 5.41) is 4.54. The molecule has 2 amide bonds. The lowest BCUT2D eigenvalue weighted by Crippen LogP contribution is -2.48. The maximum atomic E-state index is 12.2. The molecule has 0 aromatic carbocycles. The van der Waals surface area contributed by atoms with Gasteiger partial charge in [-0.15, -0.1) is 0 Å². The van der Waals surface area contributed by atoms with E-state index in [1.807, 2.05) is 0 Å². The summed E-state index contributed by atoms with van der Waals surface area (Å²) in [7, 11) is 0. The number of hydrogen-bond acceptors (Lipinski definition) is 5. The van der Waals surface area contributed by atoms with Gasteiger partial charge in [-0.05, 0) is 38.8 Å². The number of nitrogens with zero attached hydrogens (tertiary/aromatic N) is 3. The molecular weight excluding hydrogens is 462 g/mol. The van der Waals surface area contributed by atoms with E-state index in [2.05, 4.69) is 29.0 Å². The molecule has 0 spiro atoms. The van der Waals surface area contributed by atoms with Gasteiger partial charge in [0.1, 0.15) is 0 Å². The Balaban J connectivity index is 1.95. The Morgan fingerprint density at radius 1 is 0.649 bits per heavy atom. The number of amides is 2. The predicted octanol–water partition coefficient (Wildman–Crippen LogP) is 5.48. The number of nitrogens with two attached hydrogens (primary N) is 1. The van der Waals surface area contributed by atoms with Crippen LogP contribution in [0.3, 0.4) is 0 Å². The summed E-state index contributed by atoms with van der Waals surface area (Å²) < 4.78 is 0. The van der Waals surface area contributed by atoms with Crippen LogP contribution in [0.5, 0.6) is 0 Å². The fourth-order valence-electron chi connectivity index (χ4n) is 5.06. The number of nitrogens with one attached hydrogen (secondary N) is 1. The summed E-state index contributed by atoms with van der Waals surface area (Å²) in [6.45, 7) is 12.3. The van der Waals surface area contributed by atoms with E-state index < -0.39 is 0 Å². The topological polar surface area (TPSA) is 81.9 Å². The first-order valence-electron chi connectivity index (χ1n) is 15.8. The van der Waals surface area contributed by atoms with Crippen molar-refractivity contribution in [1.29, 1.82) is 0 Å². The maximum absolute atomic E-state index is 12.2. The molecule has 0 saturated carbocycles. The molecule has 0 aliphatic carbocycles. The minimum atomic E-state index is 0.0906. The van der Waals surface area contributed by atoms with E-state index in [1.54, 1.807) is 0 Å². The van der Waals surface area contributed by atoms with Crippen LogP contribution in [0.2, 0.25) is 0 Å². The molecule has 218 valence electrons. The Bertz CT molecular complexity index is 552. The average Bonchev–Trinajstić information content (AvgIpc) is 2.90. The molecule has 0 aromatic rings. The molecule has 0 bridgehead atoms. The van der Waals surface area contributed by atoms with Gasteiger partial charge in [0.15, 0.2) is 0 Å². The van der Waals surface area contributed by atoms with Crippen molar-refractivity contribution in [3.8, 4) is 0 Å². The highest BCUT2D eigenvalue weighted by Gasteiger charge is 2.17. The van der Waals surface area contributed by atoms with Gasteiger partial charge in [0, 0.05) is 52.1 Å². The van der Waals surface area contributed by atoms with Gasteiger partial charge in [0.25, 0.3) is 0 Å². The van der Waals surface area contributed by atoms with Crippen molar-refractivity contribution in [2.75, 3.05) is 52.4 Å². The average molecular weight is 524 g/mol. The molecular formula is C30H61N5O2. The second-order valence-corrected chi connectivity index (χ2v) is 11.1. The standard InChI is InChI=1S/C30H61N5O2/c1-3-5-7-9-11-13-15-19-29(36)32-21-17-22-33-25-27-34(28-26-33)23-18-24-35(31)30(37)20-16-14-12-10-8-6-4-2/h3-28,31H2,1-2H3,(H,32,36). The minimum absolute atomic E-state index is 0.0906. The molecule has 7 heteroatoms. The monoisotopic (exact) mass is 523 g/mol. The quantitative estimate of drug-likeness (QED) is 0.0757. The summed E-state index contributed by atoms with van der Waals surface area (Å²) >= 11 is 0. The van der Waals surface area contributed by atoms with Crippen LogP contribution >= 0.6 is 0 Å². The van der Waals surface area contributed by atoms with Crippen molar-refractivity contribution in [2.45, 2.75) is 129 Å². The molecule has 7 nitrogen and oxygen atoms in total. The van der Waals surface area contributed by atoms with Gasteiger partial charge in [-0.1, -0.05) is 90.9 Å². The highest BCUT2D eigenvalue weighted by Crippen LogP contribution is 2.10. The Morgan fingerprint density at radius 3 is 1.65 bits per heavy atom. The van der Waals surface area contributed by atoms with Crippen LogP contribution < -0.4 is 11.2 Å². The normalized spacial score (nSPS) is 14.7. The van der Waals surface area contributed by atoms with Crippen molar-refractivity contribution in [2.24, 2.45) is 5.84 Å². The Labute approximate surface area is 229 Å². The van der Waals surface area contributed by atoms with Crippen molar-refractivity contribution < 1.29 is 9.59 Å². The predicted molar refractivity (Wildman–Crippen MR) is 156 cm³/mol. The zero-order valence-corrected chi connectivity index (χ0v) is 24.6. The van der Waals surface area contributed by atoms with Gasteiger partial charge in [-0.3, -0.25) is 14.6 Å². The van der Waals surface area contributed by atoms with Crippen LogP contribution in [0.25, 0.3) is 0 Å². The second-order valence-electron chi connectivity index (χ2n) is 11.1. The van der Waals surface area contributed by atoms with Gasteiger partial charge in [0.2, 0.25) is 11.8 Å². The van der Waals surface area contributed by atoms with E-state index in [-0.39, 0.29) is 11.8 Å². The number of rotatable bonds is 24. The number of unbranched alkanes of at least 4 members (excludes halogenated alkanes) is 12. The molecule has 0 unspecified atom stereocenters. The van der Waals surface area contributed by atoms with E-state index in [0.29, 0.717) is 19.4 Å². The largest absolute Gasteiger partial charge is 0.356 e. The van der Waals surface area contributed by atoms with Crippen molar-refractivity contribution in [3.63, 3.8) is 0 Å². The smallest absolute Gasteiger partial charge is 0.236 e. The third-order valence-electron chi connectivity index (χ3n) is 7.63. The number of carbonyl (C=O) groups excluding carboxylic acids is 2. The maximum Gasteiger partial charge on any atom is 0.236 e. The first kappa shape index (κ1) is 33.8. The Morgan fingerprint density at radius 2 is 1.11 bits per heavy atom. The van der Waals surface area contributed by atoms with Crippen LogP contribution in [-0.2, 0) is 9.59 Å². The van der Waals surface area contributed by atoms with Crippen LogP contribution in [0.1, 0.15) is 129 Å². The Kier molecular flexibility index (Phi) is 21.9. The van der Waals surface area contributed by atoms with Crippen molar-refractivity contribution >= 4 is 11.8 Å². The molecule has 1 rings (SSSR count). The molecule has 1 fully saturated rings. The van der Waals surface area contributed by atoms with Crippen molar-refractivity contribution in [1.82, 2.24) is 20.1 Å². The first-order chi connectivity index (χ1) is 18.1. The fraction of sp³-hybridized carbons (Fsp3) is 0.933. The lowest BCUT2D eigenvalue weighted by atomic mass is 10.1. The molecule has 1 aliphatic heterocycles. The van der Waals surface area contributed by atoms with Gasteiger partial charge < -0.3 is 15.1 Å². The molecule has 3 N–H and O–H groups in total. The molecule has 0 radical (unpaired) electrons. The third-order valence-corrected chi connectivity index (χ3v) is 7.63. The third kappa shape index (κ3) is 19.5. The van der Waals surface area contributed by atoms with E-state index in [9.17, 15) is 9.59 Å². The van der Waals surface area contributed by atoms with Crippen LogP contribution in [0.15, 0.2) is 0 Å². The molecule has 1 saturated heterocycles. The second kappa shape index (κ2) is 23.9. The fourth-order valence-corrected chi connectivity index (χ4v) is 5.06. The van der Waals surface area contributed by atoms with Gasteiger partial charge in [0.05, 0.1) is 0 Å². The molecule has 0 aromatic heterocycles. The number of hydrazine groups is 1. The zero-order chi connectivity index (χ0) is 27.0. The zero-order valence-electron chi connectivity index (χ0n) is 24.6. The van der Waals surface area contributed by atoms with Gasteiger partial charge in [-0.25, -0.2) is 5.84 Å². The van der Waals surface area contributed by atoms with Crippen LogP contribution in [0.4, 0.5) is 0 Å². The van der Waals surface area contributed by atoms with E-state index in [4.69, 9.17) is 5.84 Å². The van der Waals surface area contributed by atoms with E-state index in [0.717, 1.165) is 77.9 Å². The summed E-state index contributed by atoms with van der Waals surface area (Å²) in [5.41, 5.74) is 0. The van der Waals surface area contributed by atoms with Gasteiger partial charge >= 0.3 is 0 Å². The van der Waals surface area contributed by atoms with Crippen LogP contribution in [0, 0.1) is 0 Å². The van der Waals surface area contributed by atoms with Crippen molar-refractivity contribution in [3.05, 3.63) is 0 Å². The highest BCUT2D eigenvalue weighted by molar-refractivity contribution is 5.75. The van der Waals surface area contributed by atoms with Gasteiger partial charge in [-0.2, -0.15) is 0 Å². The highest BCUT2D eigenvalue weighted by atomic mass is 16.2. The molecule has 37 heavy (non-hydrogen) atoms. The van der Waals surface area contributed by atoms with Crippen LogP contribution in [-0.4, -0.2) is 79.0 Å². The summed E-state index contributed by atoms with van der Waals surface area (Å²) in [6, 6.07) is 0. The van der Waals surface area contributed by atoms with E-state index in [1.165, 1.54) is 75.6 Å². The Hall–Kier alpha value is -1.18. The number of hydrogen-bond donors (Lipinski definition) is 2. The number of carbonyl (C=O) groups is 2. The summed E-state index contributed by atoms with van der Waals surface area (Å²) in [6.07, 6.45) is 20.5. The minimum Gasteiger partial charge on any atom is -0.356 e. The lowest BCUT2D eigenvalue weighted by molar-refractivity contribution is -0.131. The summed E-state index contributed by atoms with van der Waals surface area (Å²) in [5.74, 6) is 6.31. The van der Waals surface area contributed by atoms with E-state index >= 15 is 0 Å². The summed E-state index contributed by atoms with van der Waals surface area (Å²) in [4.78, 5) is 29.2.